The Labute approximate surface area is 96.4 Å². The summed E-state index contributed by atoms with van der Waals surface area (Å²) in [6.45, 7) is 0.643. The zero-order valence-corrected chi connectivity index (χ0v) is 9.86. The summed E-state index contributed by atoms with van der Waals surface area (Å²) >= 11 is 0. The Balaban J connectivity index is 2.43. The van der Waals surface area contributed by atoms with Crippen molar-refractivity contribution in [1.29, 1.82) is 0 Å². The van der Waals surface area contributed by atoms with Crippen LogP contribution in [0.4, 0.5) is 0 Å². The van der Waals surface area contributed by atoms with Gasteiger partial charge < -0.3 is 9.47 Å². The zero-order valence-electron chi connectivity index (χ0n) is 9.86. The van der Waals surface area contributed by atoms with Crippen LogP contribution in [-0.2, 0) is 16.0 Å². The summed E-state index contributed by atoms with van der Waals surface area (Å²) in [6.07, 6.45) is 1.84. The summed E-state index contributed by atoms with van der Waals surface area (Å²) in [5, 5.41) is 0. The Kier molecular flexibility index (Phi) is 5.57. The van der Waals surface area contributed by atoms with Crippen molar-refractivity contribution in [3.05, 3.63) is 29.8 Å². The van der Waals surface area contributed by atoms with Gasteiger partial charge in [-0.3, -0.25) is 4.79 Å². The van der Waals surface area contributed by atoms with Gasteiger partial charge in [-0.15, -0.1) is 0 Å². The highest BCUT2D eigenvalue weighted by atomic mass is 16.5. The molecule has 0 unspecified atom stereocenters. The highest BCUT2D eigenvalue weighted by molar-refractivity contribution is 5.80. The van der Waals surface area contributed by atoms with Gasteiger partial charge in [0.25, 0.3) is 0 Å². The fourth-order valence-corrected chi connectivity index (χ4v) is 1.51. The van der Waals surface area contributed by atoms with Gasteiger partial charge in [0.05, 0.1) is 7.11 Å². The lowest BCUT2D eigenvalue weighted by Gasteiger charge is -2.04. The number of Topliss-reactive ketones (excluding diaryl/α,β-unsaturated/α-hetero) is 1. The summed E-state index contributed by atoms with van der Waals surface area (Å²) in [5.74, 6) is 1.03. The highest BCUT2D eigenvalue weighted by Crippen LogP contribution is 2.13. The van der Waals surface area contributed by atoms with Crippen LogP contribution in [0.2, 0.25) is 0 Å². The van der Waals surface area contributed by atoms with E-state index in [9.17, 15) is 4.79 Å². The summed E-state index contributed by atoms with van der Waals surface area (Å²) in [5.41, 5.74) is 1.00. The number of hydrogen-bond acceptors (Lipinski definition) is 3. The number of ether oxygens (including phenoxy) is 2. The van der Waals surface area contributed by atoms with E-state index in [2.05, 4.69) is 0 Å². The van der Waals surface area contributed by atoms with Gasteiger partial charge in [0.1, 0.15) is 11.5 Å². The number of benzene rings is 1. The molecule has 0 atom stereocenters. The van der Waals surface area contributed by atoms with Crippen LogP contribution >= 0.6 is 0 Å². The molecule has 0 amide bonds. The van der Waals surface area contributed by atoms with Gasteiger partial charge in [-0.2, -0.15) is 0 Å². The molecule has 1 rings (SSSR count). The van der Waals surface area contributed by atoms with E-state index in [0.717, 1.165) is 17.7 Å². The molecule has 0 radical (unpaired) electrons. The van der Waals surface area contributed by atoms with Crippen LogP contribution in [0.5, 0.6) is 5.75 Å². The van der Waals surface area contributed by atoms with E-state index in [1.807, 2.05) is 24.3 Å². The Morgan fingerprint density at radius 1 is 1.31 bits per heavy atom. The number of rotatable bonds is 7. The van der Waals surface area contributed by atoms with Gasteiger partial charge in [0.2, 0.25) is 0 Å². The van der Waals surface area contributed by atoms with Crippen LogP contribution in [0.1, 0.15) is 18.4 Å². The molecule has 0 bridgehead atoms. The fraction of sp³-hybridized carbons (Fsp3) is 0.462. The maximum absolute atomic E-state index is 11.6. The molecular formula is C13H18O3. The minimum Gasteiger partial charge on any atom is -0.497 e. The molecule has 88 valence electrons. The number of methoxy groups -OCH3 is 2. The van der Waals surface area contributed by atoms with E-state index in [0.29, 0.717) is 19.4 Å². The molecule has 0 spiro atoms. The van der Waals surface area contributed by atoms with Crippen LogP contribution in [0.25, 0.3) is 0 Å². The Morgan fingerprint density at radius 3 is 2.81 bits per heavy atom. The van der Waals surface area contributed by atoms with E-state index in [1.54, 1.807) is 14.2 Å². The van der Waals surface area contributed by atoms with Crippen molar-refractivity contribution >= 4 is 5.78 Å². The first-order valence-corrected chi connectivity index (χ1v) is 5.40. The molecule has 16 heavy (non-hydrogen) atoms. The lowest BCUT2D eigenvalue weighted by atomic mass is 10.1. The molecule has 0 heterocycles. The number of carbonyl (C=O) groups excluding carboxylic acids is 1. The largest absolute Gasteiger partial charge is 0.497 e. The summed E-state index contributed by atoms with van der Waals surface area (Å²) < 4.78 is 10.0. The van der Waals surface area contributed by atoms with Crippen molar-refractivity contribution in [2.24, 2.45) is 0 Å². The molecule has 1 aromatic rings. The molecular weight excluding hydrogens is 204 g/mol. The van der Waals surface area contributed by atoms with Crippen LogP contribution in [0.15, 0.2) is 24.3 Å². The van der Waals surface area contributed by atoms with Gasteiger partial charge in [0, 0.05) is 26.6 Å². The molecule has 0 aromatic heterocycles. The molecule has 0 saturated heterocycles. The quantitative estimate of drug-likeness (QED) is 0.664. The Bertz CT molecular complexity index is 334. The van der Waals surface area contributed by atoms with Crippen molar-refractivity contribution in [3.8, 4) is 5.75 Å². The lowest BCUT2D eigenvalue weighted by molar-refractivity contribution is -0.118. The maximum atomic E-state index is 11.6. The van der Waals surface area contributed by atoms with Gasteiger partial charge in [-0.05, 0) is 24.1 Å². The number of ketones is 1. The average molecular weight is 222 g/mol. The van der Waals surface area contributed by atoms with E-state index >= 15 is 0 Å². The normalized spacial score (nSPS) is 10.1. The summed E-state index contributed by atoms with van der Waals surface area (Å²) in [7, 11) is 3.27. The molecule has 0 fully saturated rings. The van der Waals surface area contributed by atoms with Crippen LogP contribution < -0.4 is 4.74 Å². The topological polar surface area (TPSA) is 35.5 Å². The van der Waals surface area contributed by atoms with Crippen molar-refractivity contribution in [3.63, 3.8) is 0 Å². The van der Waals surface area contributed by atoms with Gasteiger partial charge >= 0.3 is 0 Å². The van der Waals surface area contributed by atoms with Crippen LogP contribution in [0, 0.1) is 0 Å². The average Bonchev–Trinajstić information content (AvgIpc) is 2.29. The minimum atomic E-state index is 0.241. The second kappa shape index (κ2) is 7.01. The summed E-state index contributed by atoms with van der Waals surface area (Å²) in [6, 6.07) is 7.61. The van der Waals surface area contributed by atoms with Crippen molar-refractivity contribution in [1.82, 2.24) is 0 Å². The molecule has 0 aliphatic heterocycles. The monoisotopic (exact) mass is 222 g/mol. The lowest BCUT2D eigenvalue weighted by Crippen LogP contribution is -2.04. The molecule has 0 N–H and O–H groups in total. The van der Waals surface area contributed by atoms with Crippen molar-refractivity contribution in [2.45, 2.75) is 19.3 Å². The van der Waals surface area contributed by atoms with E-state index < -0.39 is 0 Å². The second-order valence-corrected chi connectivity index (χ2v) is 3.66. The van der Waals surface area contributed by atoms with Gasteiger partial charge in [0.15, 0.2) is 0 Å². The SMILES string of the molecule is COCCCC(=O)Cc1cccc(OC)c1. The first-order chi connectivity index (χ1) is 7.76. The van der Waals surface area contributed by atoms with Crippen LogP contribution in [0.3, 0.4) is 0 Å². The van der Waals surface area contributed by atoms with E-state index in [-0.39, 0.29) is 5.78 Å². The fourth-order valence-electron chi connectivity index (χ4n) is 1.51. The molecule has 0 aliphatic carbocycles. The molecule has 0 saturated carbocycles. The highest BCUT2D eigenvalue weighted by Gasteiger charge is 2.04. The van der Waals surface area contributed by atoms with Gasteiger partial charge in [-0.25, -0.2) is 0 Å². The molecule has 3 heteroatoms. The van der Waals surface area contributed by atoms with Crippen LogP contribution in [-0.4, -0.2) is 26.6 Å². The third-order valence-electron chi connectivity index (χ3n) is 2.34. The maximum Gasteiger partial charge on any atom is 0.137 e. The van der Waals surface area contributed by atoms with E-state index in [1.165, 1.54) is 0 Å². The predicted octanol–water partition coefficient (Wildman–Crippen LogP) is 2.23. The Morgan fingerprint density at radius 2 is 2.12 bits per heavy atom. The standard InChI is InChI=1S/C13H18O3/c1-15-8-4-6-12(14)9-11-5-3-7-13(10-11)16-2/h3,5,7,10H,4,6,8-9H2,1-2H3. The number of hydrogen-bond donors (Lipinski definition) is 0. The van der Waals surface area contributed by atoms with Crippen molar-refractivity contribution < 1.29 is 14.3 Å². The zero-order chi connectivity index (χ0) is 11.8. The third-order valence-corrected chi connectivity index (χ3v) is 2.34. The summed E-state index contributed by atoms with van der Waals surface area (Å²) in [4.78, 5) is 11.6. The number of carbonyl (C=O) groups is 1. The predicted molar refractivity (Wildman–Crippen MR) is 62.8 cm³/mol. The minimum absolute atomic E-state index is 0.241. The van der Waals surface area contributed by atoms with E-state index in [4.69, 9.17) is 9.47 Å². The third kappa shape index (κ3) is 4.45. The first kappa shape index (κ1) is 12.7. The van der Waals surface area contributed by atoms with Crippen molar-refractivity contribution in [2.75, 3.05) is 20.8 Å². The Hall–Kier alpha value is -1.35. The molecule has 3 nitrogen and oxygen atoms in total. The van der Waals surface area contributed by atoms with Gasteiger partial charge in [-0.1, -0.05) is 12.1 Å². The molecule has 0 aliphatic rings. The molecule has 1 aromatic carbocycles. The first-order valence-electron chi connectivity index (χ1n) is 5.40. The second-order valence-electron chi connectivity index (χ2n) is 3.66. The smallest absolute Gasteiger partial charge is 0.137 e.